The van der Waals surface area contributed by atoms with Gasteiger partial charge in [-0.05, 0) is 19.1 Å². The van der Waals surface area contributed by atoms with E-state index in [-0.39, 0.29) is 12.1 Å². The van der Waals surface area contributed by atoms with E-state index < -0.39 is 12.0 Å². The lowest BCUT2D eigenvalue weighted by Crippen LogP contribution is -2.33. The molecule has 6 nitrogen and oxygen atoms in total. The number of carbonyl (C=O) groups is 1. The Kier molecular flexibility index (Phi) is 3.38. The van der Waals surface area contributed by atoms with Crippen molar-refractivity contribution in [2.24, 2.45) is 0 Å². The van der Waals surface area contributed by atoms with E-state index in [1.807, 2.05) is 0 Å². The number of pyridine rings is 1. The number of rotatable bonds is 4. The normalized spacial score (nSPS) is 12.5. The predicted molar refractivity (Wildman–Crippen MR) is 65.4 cm³/mol. The molecule has 0 unspecified atom stereocenters. The standard InChI is InChI=1S/C12H13N3O3/c1-8(12(17)18)13-7-9-6-11(16)15-5-3-2-4-10(15)14-9/h2-6,8,13H,7H2,1H3,(H,17,18)/t8-/m1/s1. The van der Waals surface area contributed by atoms with Gasteiger partial charge in [-0.1, -0.05) is 6.07 Å². The maximum absolute atomic E-state index is 11.8. The maximum Gasteiger partial charge on any atom is 0.320 e. The molecule has 0 aliphatic rings. The van der Waals surface area contributed by atoms with Crippen molar-refractivity contribution < 1.29 is 9.90 Å². The molecule has 6 heteroatoms. The molecule has 0 amide bonds. The third-order valence-corrected chi connectivity index (χ3v) is 2.58. The van der Waals surface area contributed by atoms with Crippen LogP contribution >= 0.6 is 0 Å². The van der Waals surface area contributed by atoms with Crippen LogP contribution in [0.5, 0.6) is 0 Å². The molecule has 0 saturated carbocycles. The van der Waals surface area contributed by atoms with Gasteiger partial charge >= 0.3 is 5.97 Å². The zero-order chi connectivity index (χ0) is 13.1. The van der Waals surface area contributed by atoms with Crippen molar-refractivity contribution in [1.82, 2.24) is 14.7 Å². The minimum Gasteiger partial charge on any atom is -0.480 e. The summed E-state index contributed by atoms with van der Waals surface area (Å²) in [6.45, 7) is 1.78. The molecule has 0 radical (unpaired) electrons. The molecule has 0 saturated heterocycles. The van der Waals surface area contributed by atoms with E-state index in [1.165, 1.54) is 17.4 Å². The number of carboxylic acids is 1. The fourth-order valence-electron chi connectivity index (χ4n) is 1.54. The van der Waals surface area contributed by atoms with Crippen molar-refractivity contribution in [3.63, 3.8) is 0 Å². The molecule has 0 aliphatic heterocycles. The number of aliphatic carboxylic acids is 1. The topological polar surface area (TPSA) is 83.7 Å². The second-order valence-electron chi connectivity index (χ2n) is 3.96. The van der Waals surface area contributed by atoms with Crippen LogP contribution in [0.3, 0.4) is 0 Å². The summed E-state index contributed by atoms with van der Waals surface area (Å²) in [5.74, 6) is -0.937. The highest BCUT2D eigenvalue weighted by Crippen LogP contribution is 1.98. The highest BCUT2D eigenvalue weighted by molar-refractivity contribution is 5.72. The second kappa shape index (κ2) is 4.97. The van der Waals surface area contributed by atoms with Gasteiger partial charge in [-0.15, -0.1) is 0 Å². The van der Waals surface area contributed by atoms with Crippen LogP contribution in [0.25, 0.3) is 5.65 Å². The summed E-state index contributed by atoms with van der Waals surface area (Å²) in [6, 6.07) is 5.99. The zero-order valence-electron chi connectivity index (χ0n) is 9.83. The van der Waals surface area contributed by atoms with E-state index >= 15 is 0 Å². The predicted octanol–water partition coefficient (Wildman–Crippen LogP) is 0.257. The van der Waals surface area contributed by atoms with E-state index in [4.69, 9.17) is 5.11 Å². The Morgan fingerprint density at radius 1 is 1.56 bits per heavy atom. The quantitative estimate of drug-likeness (QED) is 0.809. The van der Waals surface area contributed by atoms with E-state index in [2.05, 4.69) is 10.3 Å². The number of hydrogen-bond acceptors (Lipinski definition) is 4. The molecule has 2 N–H and O–H groups in total. The minimum absolute atomic E-state index is 0.180. The number of aromatic nitrogens is 2. The minimum atomic E-state index is -0.937. The van der Waals surface area contributed by atoms with Crippen LogP contribution in [0.15, 0.2) is 35.3 Å². The molecule has 1 atom stereocenters. The van der Waals surface area contributed by atoms with Crippen LogP contribution in [0.4, 0.5) is 0 Å². The van der Waals surface area contributed by atoms with Gasteiger partial charge in [0, 0.05) is 18.8 Å². The van der Waals surface area contributed by atoms with Crippen molar-refractivity contribution in [3.05, 3.63) is 46.5 Å². The van der Waals surface area contributed by atoms with Gasteiger partial charge in [0.1, 0.15) is 11.7 Å². The Balaban J connectivity index is 2.25. The third-order valence-electron chi connectivity index (χ3n) is 2.58. The largest absolute Gasteiger partial charge is 0.480 e. The molecule has 0 fully saturated rings. The van der Waals surface area contributed by atoms with E-state index in [0.717, 1.165) is 0 Å². The molecular weight excluding hydrogens is 234 g/mol. The van der Waals surface area contributed by atoms with E-state index in [9.17, 15) is 9.59 Å². The van der Waals surface area contributed by atoms with Crippen molar-refractivity contribution >= 4 is 11.6 Å². The Morgan fingerprint density at radius 3 is 3.06 bits per heavy atom. The SMILES string of the molecule is C[C@@H](NCc1cc(=O)n2ccccc2n1)C(=O)O. The Morgan fingerprint density at radius 2 is 2.33 bits per heavy atom. The van der Waals surface area contributed by atoms with Crippen LogP contribution in [-0.2, 0) is 11.3 Å². The van der Waals surface area contributed by atoms with Crippen LogP contribution in [0, 0.1) is 0 Å². The summed E-state index contributed by atoms with van der Waals surface area (Å²) < 4.78 is 1.43. The van der Waals surface area contributed by atoms with Gasteiger partial charge in [-0.2, -0.15) is 0 Å². The highest BCUT2D eigenvalue weighted by atomic mass is 16.4. The third kappa shape index (κ3) is 2.54. The first-order valence-electron chi connectivity index (χ1n) is 5.51. The van der Waals surface area contributed by atoms with Gasteiger partial charge in [-0.25, -0.2) is 4.98 Å². The van der Waals surface area contributed by atoms with Gasteiger partial charge in [0.05, 0.1) is 5.69 Å². The van der Waals surface area contributed by atoms with Crippen molar-refractivity contribution in [1.29, 1.82) is 0 Å². The van der Waals surface area contributed by atoms with Crippen LogP contribution in [0.2, 0.25) is 0 Å². The summed E-state index contributed by atoms with van der Waals surface area (Å²) in [4.78, 5) is 26.7. The van der Waals surface area contributed by atoms with Crippen molar-refractivity contribution in [3.8, 4) is 0 Å². The fraction of sp³-hybridized carbons (Fsp3) is 0.250. The Labute approximate surface area is 103 Å². The number of carboxylic acid groups (broad SMARTS) is 1. The van der Waals surface area contributed by atoms with Gasteiger partial charge < -0.3 is 5.11 Å². The first-order valence-corrected chi connectivity index (χ1v) is 5.51. The number of hydrogen-bond donors (Lipinski definition) is 2. The molecule has 94 valence electrons. The lowest BCUT2D eigenvalue weighted by Gasteiger charge is -2.08. The van der Waals surface area contributed by atoms with Gasteiger partial charge in [-0.3, -0.25) is 19.3 Å². The molecular formula is C12H13N3O3. The van der Waals surface area contributed by atoms with Crippen LogP contribution in [0.1, 0.15) is 12.6 Å². The molecule has 0 spiro atoms. The average Bonchev–Trinajstić information content (AvgIpc) is 2.36. The number of nitrogens with one attached hydrogen (secondary N) is 1. The molecule has 0 aliphatic carbocycles. The lowest BCUT2D eigenvalue weighted by atomic mass is 10.3. The van der Waals surface area contributed by atoms with Crippen LogP contribution < -0.4 is 10.9 Å². The molecule has 2 rings (SSSR count). The van der Waals surface area contributed by atoms with Gasteiger partial charge in [0.2, 0.25) is 0 Å². The first kappa shape index (κ1) is 12.3. The summed E-state index contributed by atoms with van der Waals surface area (Å²) in [6.07, 6.45) is 1.64. The first-order chi connectivity index (χ1) is 8.58. The molecule has 0 bridgehead atoms. The maximum atomic E-state index is 11.8. The summed E-state index contributed by atoms with van der Waals surface area (Å²) in [5, 5.41) is 11.5. The van der Waals surface area contributed by atoms with Crippen molar-refractivity contribution in [2.75, 3.05) is 0 Å². The van der Waals surface area contributed by atoms with Gasteiger partial charge in [0.15, 0.2) is 0 Å². The van der Waals surface area contributed by atoms with E-state index in [0.29, 0.717) is 11.3 Å². The number of fused-ring (bicyclic) bond motifs is 1. The van der Waals surface area contributed by atoms with Crippen molar-refractivity contribution in [2.45, 2.75) is 19.5 Å². The molecule has 2 aromatic heterocycles. The summed E-state index contributed by atoms with van der Waals surface area (Å²) >= 11 is 0. The molecule has 2 heterocycles. The summed E-state index contributed by atoms with van der Waals surface area (Å²) in [7, 11) is 0. The number of nitrogens with zero attached hydrogens (tertiary/aromatic N) is 2. The molecule has 18 heavy (non-hydrogen) atoms. The van der Waals surface area contributed by atoms with Gasteiger partial charge in [0.25, 0.3) is 5.56 Å². The molecule has 0 aromatic carbocycles. The second-order valence-corrected chi connectivity index (χ2v) is 3.96. The zero-order valence-corrected chi connectivity index (χ0v) is 9.83. The fourth-order valence-corrected chi connectivity index (χ4v) is 1.54. The summed E-state index contributed by atoms with van der Waals surface area (Å²) in [5.41, 5.74) is 0.893. The Hall–Kier alpha value is -2.21. The van der Waals surface area contributed by atoms with E-state index in [1.54, 1.807) is 24.4 Å². The average molecular weight is 247 g/mol. The Bertz CT molecular complexity index is 636. The monoisotopic (exact) mass is 247 g/mol. The lowest BCUT2D eigenvalue weighted by molar-refractivity contribution is -0.139. The highest BCUT2D eigenvalue weighted by Gasteiger charge is 2.10. The van der Waals surface area contributed by atoms with Crippen LogP contribution in [-0.4, -0.2) is 26.5 Å². The smallest absolute Gasteiger partial charge is 0.320 e. The molecule has 2 aromatic rings.